The molecule has 0 spiro atoms. The Morgan fingerprint density at radius 2 is 1.81 bits per heavy atom. The third-order valence-corrected chi connectivity index (χ3v) is 4.14. The highest BCUT2D eigenvalue weighted by Crippen LogP contribution is 2.27. The zero-order valence-electron chi connectivity index (χ0n) is 15.7. The number of anilines is 1. The van der Waals surface area contributed by atoms with Crippen molar-refractivity contribution in [1.82, 2.24) is 0 Å². The fourth-order valence-corrected chi connectivity index (χ4v) is 2.63. The van der Waals surface area contributed by atoms with Gasteiger partial charge in [0.1, 0.15) is 12.4 Å². The van der Waals surface area contributed by atoms with Crippen LogP contribution in [0.4, 0.5) is 5.69 Å². The van der Waals surface area contributed by atoms with E-state index in [2.05, 4.69) is 19.2 Å². The van der Waals surface area contributed by atoms with E-state index >= 15 is 0 Å². The smallest absolute Gasteiger partial charge is 0.291 e. The Bertz CT molecular complexity index is 914. The van der Waals surface area contributed by atoms with Crippen molar-refractivity contribution in [2.45, 2.75) is 26.4 Å². The van der Waals surface area contributed by atoms with Crippen molar-refractivity contribution < 1.29 is 18.7 Å². The zero-order valence-corrected chi connectivity index (χ0v) is 15.7. The molecule has 0 radical (unpaired) electrons. The van der Waals surface area contributed by atoms with Crippen molar-refractivity contribution in [2.24, 2.45) is 0 Å². The Labute approximate surface area is 158 Å². The molecule has 1 aromatic heterocycles. The minimum absolute atomic E-state index is 0.205. The van der Waals surface area contributed by atoms with Gasteiger partial charge in [-0.25, -0.2) is 0 Å². The summed E-state index contributed by atoms with van der Waals surface area (Å²) >= 11 is 0. The highest BCUT2D eigenvalue weighted by molar-refractivity contribution is 6.02. The molecule has 0 aliphatic heterocycles. The standard InChI is InChI=1S/C22H23NO4/c1-15(2)16-7-6-8-17(13-16)23-22(24)21-12-11-18(27-21)14-26-20-10-5-4-9-19(20)25-3/h4-13,15H,14H2,1-3H3,(H,23,24). The van der Waals surface area contributed by atoms with Gasteiger partial charge in [-0.15, -0.1) is 0 Å². The van der Waals surface area contributed by atoms with Gasteiger partial charge in [0.25, 0.3) is 5.91 Å². The lowest BCUT2D eigenvalue weighted by atomic mass is 10.0. The lowest BCUT2D eigenvalue weighted by Gasteiger charge is -2.09. The number of benzene rings is 2. The lowest BCUT2D eigenvalue weighted by Crippen LogP contribution is -2.11. The van der Waals surface area contributed by atoms with E-state index in [0.29, 0.717) is 23.2 Å². The van der Waals surface area contributed by atoms with Crippen molar-refractivity contribution in [3.05, 3.63) is 77.7 Å². The maximum Gasteiger partial charge on any atom is 0.291 e. The van der Waals surface area contributed by atoms with Crippen LogP contribution in [0.2, 0.25) is 0 Å². The molecule has 1 heterocycles. The second kappa shape index (κ2) is 8.45. The molecule has 3 aromatic rings. The third kappa shape index (κ3) is 4.70. The molecule has 1 N–H and O–H groups in total. The summed E-state index contributed by atoms with van der Waals surface area (Å²) in [7, 11) is 1.59. The summed E-state index contributed by atoms with van der Waals surface area (Å²) in [5.41, 5.74) is 1.91. The lowest BCUT2D eigenvalue weighted by molar-refractivity contribution is 0.0992. The highest BCUT2D eigenvalue weighted by Gasteiger charge is 2.13. The number of para-hydroxylation sites is 2. The summed E-state index contributed by atoms with van der Waals surface area (Å²) in [5.74, 6) is 2.16. The van der Waals surface area contributed by atoms with Gasteiger partial charge in [0, 0.05) is 5.69 Å². The van der Waals surface area contributed by atoms with E-state index in [-0.39, 0.29) is 18.3 Å². The normalized spacial score (nSPS) is 10.7. The Hall–Kier alpha value is -3.21. The Morgan fingerprint density at radius 1 is 1.04 bits per heavy atom. The Balaban J connectivity index is 1.63. The van der Waals surface area contributed by atoms with E-state index in [1.807, 2.05) is 48.5 Å². The number of methoxy groups -OCH3 is 1. The van der Waals surface area contributed by atoms with Crippen LogP contribution in [0.15, 0.2) is 65.1 Å². The maximum absolute atomic E-state index is 12.4. The summed E-state index contributed by atoms with van der Waals surface area (Å²) in [6, 6.07) is 18.5. The number of hydrogen-bond acceptors (Lipinski definition) is 4. The molecule has 3 rings (SSSR count). The number of amides is 1. The quantitative estimate of drug-likeness (QED) is 0.622. The van der Waals surface area contributed by atoms with Crippen molar-refractivity contribution in [3.8, 4) is 11.5 Å². The van der Waals surface area contributed by atoms with Crippen LogP contribution in [0.1, 0.15) is 41.6 Å². The summed E-state index contributed by atoms with van der Waals surface area (Å²) in [6.07, 6.45) is 0. The Morgan fingerprint density at radius 3 is 2.56 bits per heavy atom. The van der Waals surface area contributed by atoms with Crippen molar-refractivity contribution in [2.75, 3.05) is 12.4 Å². The van der Waals surface area contributed by atoms with Crippen LogP contribution < -0.4 is 14.8 Å². The fourth-order valence-electron chi connectivity index (χ4n) is 2.63. The molecular weight excluding hydrogens is 342 g/mol. The summed E-state index contributed by atoms with van der Waals surface area (Å²) in [5, 5.41) is 2.87. The van der Waals surface area contributed by atoms with Gasteiger partial charge in [-0.2, -0.15) is 0 Å². The number of carbonyl (C=O) groups excluding carboxylic acids is 1. The van der Waals surface area contributed by atoms with E-state index < -0.39 is 0 Å². The van der Waals surface area contributed by atoms with Crippen LogP contribution in [0.3, 0.4) is 0 Å². The molecule has 140 valence electrons. The molecule has 27 heavy (non-hydrogen) atoms. The van der Waals surface area contributed by atoms with Crippen molar-refractivity contribution in [1.29, 1.82) is 0 Å². The highest BCUT2D eigenvalue weighted by atomic mass is 16.5. The largest absolute Gasteiger partial charge is 0.493 e. The molecule has 5 nitrogen and oxygen atoms in total. The van der Waals surface area contributed by atoms with Crippen LogP contribution in [-0.4, -0.2) is 13.0 Å². The molecule has 0 aliphatic carbocycles. The van der Waals surface area contributed by atoms with E-state index in [9.17, 15) is 4.79 Å². The summed E-state index contributed by atoms with van der Waals surface area (Å²) in [6.45, 7) is 4.43. The molecule has 0 saturated carbocycles. The summed E-state index contributed by atoms with van der Waals surface area (Å²) in [4.78, 5) is 12.4. The molecule has 0 atom stereocenters. The summed E-state index contributed by atoms with van der Waals surface area (Å²) < 4.78 is 16.6. The third-order valence-electron chi connectivity index (χ3n) is 4.14. The van der Waals surface area contributed by atoms with Crippen LogP contribution in [-0.2, 0) is 6.61 Å². The molecule has 2 aromatic carbocycles. The molecule has 1 amide bonds. The second-order valence-corrected chi connectivity index (χ2v) is 6.44. The number of ether oxygens (including phenoxy) is 2. The Kier molecular flexibility index (Phi) is 5.81. The van der Waals surface area contributed by atoms with E-state index in [1.165, 1.54) is 0 Å². The zero-order chi connectivity index (χ0) is 19.2. The molecule has 0 saturated heterocycles. The SMILES string of the molecule is COc1ccccc1OCc1ccc(C(=O)Nc2cccc(C(C)C)c2)o1. The van der Waals surface area contributed by atoms with E-state index in [0.717, 1.165) is 11.3 Å². The van der Waals surface area contributed by atoms with Crippen LogP contribution >= 0.6 is 0 Å². The fraction of sp³-hybridized carbons (Fsp3) is 0.227. The number of carbonyl (C=O) groups is 1. The maximum atomic E-state index is 12.4. The first-order chi connectivity index (χ1) is 13.1. The first-order valence-corrected chi connectivity index (χ1v) is 8.82. The van der Waals surface area contributed by atoms with Crippen molar-refractivity contribution >= 4 is 11.6 Å². The second-order valence-electron chi connectivity index (χ2n) is 6.44. The van der Waals surface area contributed by atoms with Gasteiger partial charge in [0.2, 0.25) is 0 Å². The van der Waals surface area contributed by atoms with Gasteiger partial charge >= 0.3 is 0 Å². The average molecular weight is 365 g/mol. The van der Waals surface area contributed by atoms with Crippen LogP contribution in [0.5, 0.6) is 11.5 Å². The average Bonchev–Trinajstić information content (AvgIpc) is 3.16. The number of hydrogen-bond donors (Lipinski definition) is 1. The molecule has 0 unspecified atom stereocenters. The molecule has 0 aliphatic rings. The monoisotopic (exact) mass is 365 g/mol. The molecule has 5 heteroatoms. The van der Waals surface area contributed by atoms with Gasteiger partial charge in [-0.1, -0.05) is 38.1 Å². The van der Waals surface area contributed by atoms with Gasteiger partial charge in [-0.05, 0) is 47.9 Å². The minimum Gasteiger partial charge on any atom is -0.493 e. The number of furan rings is 1. The number of rotatable bonds is 7. The van der Waals surface area contributed by atoms with Gasteiger partial charge < -0.3 is 19.2 Å². The van der Waals surface area contributed by atoms with Crippen LogP contribution in [0, 0.1) is 0 Å². The van der Waals surface area contributed by atoms with Crippen LogP contribution in [0.25, 0.3) is 0 Å². The van der Waals surface area contributed by atoms with E-state index in [1.54, 1.807) is 19.2 Å². The van der Waals surface area contributed by atoms with Crippen molar-refractivity contribution in [3.63, 3.8) is 0 Å². The molecular formula is C22H23NO4. The predicted molar refractivity (Wildman–Crippen MR) is 105 cm³/mol. The van der Waals surface area contributed by atoms with Gasteiger partial charge in [0.15, 0.2) is 17.3 Å². The predicted octanol–water partition coefficient (Wildman–Crippen LogP) is 5.24. The first kappa shape index (κ1) is 18.6. The topological polar surface area (TPSA) is 60.7 Å². The number of nitrogens with one attached hydrogen (secondary N) is 1. The first-order valence-electron chi connectivity index (χ1n) is 8.82. The van der Waals surface area contributed by atoms with E-state index in [4.69, 9.17) is 13.9 Å². The minimum atomic E-state index is -0.292. The molecule has 0 fully saturated rings. The molecule has 0 bridgehead atoms. The van der Waals surface area contributed by atoms with Gasteiger partial charge in [0.05, 0.1) is 7.11 Å². The van der Waals surface area contributed by atoms with Gasteiger partial charge in [-0.3, -0.25) is 4.79 Å².